The fourth-order valence-corrected chi connectivity index (χ4v) is 4.48. The van der Waals surface area contributed by atoms with Gasteiger partial charge < -0.3 is 4.90 Å². The minimum atomic E-state index is -0.571. The van der Waals surface area contributed by atoms with E-state index in [1.807, 2.05) is 31.2 Å². The molecule has 1 saturated heterocycles. The number of hydrogen-bond donors (Lipinski definition) is 1. The second kappa shape index (κ2) is 8.71. The van der Waals surface area contributed by atoms with Crippen molar-refractivity contribution in [3.05, 3.63) is 63.6 Å². The second-order valence-corrected chi connectivity index (χ2v) is 8.85. The summed E-state index contributed by atoms with van der Waals surface area (Å²) >= 11 is 13.3. The molecular formula is C21H18Cl2N4O2S. The van der Waals surface area contributed by atoms with Gasteiger partial charge in [-0.1, -0.05) is 58.3 Å². The molecule has 1 aromatic heterocycles. The van der Waals surface area contributed by atoms with E-state index in [1.165, 1.54) is 17.4 Å². The first kappa shape index (κ1) is 20.8. The van der Waals surface area contributed by atoms with Gasteiger partial charge in [-0.2, -0.15) is 0 Å². The average molecular weight is 461 g/mol. The first-order valence-corrected chi connectivity index (χ1v) is 11.0. The van der Waals surface area contributed by atoms with Gasteiger partial charge in [0.05, 0.1) is 10.0 Å². The van der Waals surface area contributed by atoms with Gasteiger partial charge in [0.15, 0.2) is 0 Å². The molecule has 2 aromatic carbocycles. The highest BCUT2D eigenvalue weighted by molar-refractivity contribution is 7.18. The number of aryl methyl sites for hydroxylation is 1. The van der Waals surface area contributed by atoms with Crippen molar-refractivity contribution in [1.82, 2.24) is 15.1 Å². The molecule has 6 nitrogen and oxygen atoms in total. The fourth-order valence-electron chi connectivity index (χ4n) is 3.43. The summed E-state index contributed by atoms with van der Waals surface area (Å²) in [7, 11) is 0. The lowest BCUT2D eigenvalue weighted by molar-refractivity contribution is -0.119. The van der Waals surface area contributed by atoms with E-state index < -0.39 is 6.04 Å². The number of likely N-dealkylation sites (tertiary alicyclic amines) is 1. The maximum Gasteiger partial charge on any atom is 0.254 e. The highest BCUT2D eigenvalue weighted by Gasteiger charge is 2.35. The zero-order chi connectivity index (χ0) is 21.3. The minimum Gasteiger partial charge on any atom is -0.327 e. The van der Waals surface area contributed by atoms with Gasteiger partial charge in [0.1, 0.15) is 11.0 Å². The Morgan fingerprint density at radius 1 is 1.13 bits per heavy atom. The third-order valence-electron chi connectivity index (χ3n) is 4.90. The van der Waals surface area contributed by atoms with Crippen molar-refractivity contribution in [2.45, 2.75) is 25.8 Å². The number of amides is 2. The molecule has 30 heavy (non-hydrogen) atoms. The van der Waals surface area contributed by atoms with Crippen molar-refractivity contribution >= 4 is 51.5 Å². The number of hydrogen-bond acceptors (Lipinski definition) is 5. The standard InChI is InChI=1S/C21H18Cl2N4O2S/c1-12-4-2-5-13(10-12)19-25-26-21(30-19)24-18(28)17-6-3-9-27(17)20(29)14-7-8-15(22)16(23)11-14/h2,4-5,7-8,10-11,17H,3,6,9H2,1H3,(H,24,26,28). The molecule has 0 aliphatic carbocycles. The van der Waals surface area contributed by atoms with Crippen LogP contribution in [-0.4, -0.2) is 39.5 Å². The van der Waals surface area contributed by atoms with Crippen molar-refractivity contribution in [3.63, 3.8) is 0 Å². The Morgan fingerprint density at radius 2 is 1.97 bits per heavy atom. The Bertz CT molecular complexity index is 1120. The summed E-state index contributed by atoms with van der Waals surface area (Å²) in [6.07, 6.45) is 1.33. The highest BCUT2D eigenvalue weighted by atomic mass is 35.5. The average Bonchev–Trinajstić information content (AvgIpc) is 3.39. The number of nitrogens with zero attached hydrogens (tertiary/aromatic N) is 3. The molecule has 3 aromatic rings. The third kappa shape index (κ3) is 4.33. The number of carbonyl (C=O) groups excluding carboxylic acids is 2. The van der Waals surface area contributed by atoms with E-state index in [-0.39, 0.29) is 11.8 Å². The van der Waals surface area contributed by atoms with Gasteiger partial charge in [0.2, 0.25) is 11.0 Å². The van der Waals surface area contributed by atoms with Crippen LogP contribution in [0.25, 0.3) is 10.6 Å². The number of rotatable bonds is 4. The predicted molar refractivity (Wildman–Crippen MR) is 119 cm³/mol. The first-order chi connectivity index (χ1) is 14.4. The normalized spacial score (nSPS) is 16.0. The zero-order valence-electron chi connectivity index (χ0n) is 16.1. The first-order valence-electron chi connectivity index (χ1n) is 9.40. The summed E-state index contributed by atoms with van der Waals surface area (Å²) in [6.45, 7) is 2.51. The fraction of sp³-hybridized carbons (Fsp3) is 0.238. The number of nitrogens with one attached hydrogen (secondary N) is 1. The van der Waals surface area contributed by atoms with Gasteiger partial charge in [-0.05, 0) is 44.0 Å². The lowest BCUT2D eigenvalue weighted by atomic mass is 10.1. The molecule has 154 valence electrons. The molecule has 2 heterocycles. The SMILES string of the molecule is Cc1cccc(-c2nnc(NC(=O)C3CCCN3C(=O)c3ccc(Cl)c(Cl)c3)s2)c1. The topological polar surface area (TPSA) is 75.2 Å². The number of aromatic nitrogens is 2. The summed E-state index contributed by atoms with van der Waals surface area (Å²) in [4.78, 5) is 27.4. The second-order valence-electron chi connectivity index (χ2n) is 7.06. The molecule has 1 N–H and O–H groups in total. The Balaban J connectivity index is 1.47. The lowest BCUT2D eigenvalue weighted by Crippen LogP contribution is -2.43. The van der Waals surface area contributed by atoms with Crippen LogP contribution in [-0.2, 0) is 4.79 Å². The van der Waals surface area contributed by atoms with Gasteiger partial charge >= 0.3 is 0 Å². The molecule has 1 atom stereocenters. The van der Waals surface area contributed by atoms with Crippen LogP contribution >= 0.6 is 34.5 Å². The van der Waals surface area contributed by atoms with E-state index in [4.69, 9.17) is 23.2 Å². The summed E-state index contributed by atoms with van der Waals surface area (Å²) in [5.41, 5.74) is 2.47. The van der Waals surface area contributed by atoms with Gasteiger partial charge in [-0.15, -0.1) is 10.2 Å². The number of halogens is 2. The minimum absolute atomic E-state index is 0.246. The summed E-state index contributed by atoms with van der Waals surface area (Å²) < 4.78 is 0. The van der Waals surface area contributed by atoms with E-state index >= 15 is 0 Å². The van der Waals surface area contributed by atoms with Gasteiger partial charge in [0.25, 0.3) is 5.91 Å². The predicted octanol–water partition coefficient (Wildman–Crippen LogP) is 5.06. The molecule has 1 aliphatic heterocycles. The van der Waals surface area contributed by atoms with Gasteiger partial charge in [-0.3, -0.25) is 14.9 Å². The summed E-state index contributed by atoms with van der Waals surface area (Å²) in [6, 6.07) is 12.1. The molecule has 1 unspecified atom stereocenters. The smallest absolute Gasteiger partial charge is 0.254 e. The number of carbonyl (C=O) groups is 2. The van der Waals surface area contributed by atoms with Crippen LogP contribution in [0.3, 0.4) is 0 Å². The van der Waals surface area contributed by atoms with Gasteiger partial charge in [-0.25, -0.2) is 0 Å². The molecule has 1 aliphatic rings. The molecule has 0 saturated carbocycles. The number of anilines is 1. The van der Waals surface area contributed by atoms with E-state index in [0.717, 1.165) is 22.6 Å². The summed E-state index contributed by atoms with van der Waals surface area (Å²) in [5.74, 6) is -0.517. The van der Waals surface area contributed by atoms with Crippen molar-refractivity contribution in [2.24, 2.45) is 0 Å². The largest absolute Gasteiger partial charge is 0.327 e. The molecule has 2 amide bonds. The Hall–Kier alpha value is -2.48. The van der Waals surface area contributed by atoms with E-state index in [9.17, 15) is 9.59 Å². The van der Waals surface area contributed by atoms with Crippen LogP contribution in [0.5, 0.6) is 0 Å². The molecule has 4 rings (SSSR count). The quantitative estimate of drug-likeness (QED) is 0.589. The van der Waals surface area contributed by atoms with Crippen LogP contribution < -0.4 is 5.32 Å². The van der Waals surface area contributed by atoms with Crippen LogP contribution in [0, 0.1) is 6.92 Å². The van der Waals surface area contributed by atoms with E-state index in [0.29, 0.717) is 33.7 Å². The summed E-state index contributed by atoms with van der Waals surface area (Å²) in [5, 5.41) is 12.9. The Morgan fingerprint density at radius 3 is 2.73 bits per heavy atom. The van der Waals surface area contributed by atoms with Crippen LogP contribution in [0.15, 0.2) is 42.5 Å². The van der Waals surface area contributed by atoms with Crippen LogP contribution in [0.1, 0.15) is 28.8 Å². The maximum atomic E-state index is 12.9. The molecular weight excluding hydrogens is 443 g/mol. The number of benzene rings is 2. The zero-order valence-corrected chi connectivity index (χ0v) is 18.4. The maximum absolute atomic E-state index is 12.9. The monoisotopic (exact) mass is 460 g/mol. The van der Waals surface area contributed by atoms with Crippen molar-refractivity contribution in [2.75, 3.05) is 11.9 Å². The molecule has 1 fully saturated rings. The van der Waals surface area contributed by atoms with E-state index in [2.05, 4.69) is 15.5 Å². The molecule has 0 bridgehead atoms. The molecule has 0 spiro atoms. The molecule has 9 heteroatoms. The lowest BCUT2D eigenvalue weighted by Gasteiger charge is -2.23. The Labute approximate surface area is 187 Å². The third-order valence-corrected chi connectivity index (χ3v) is 6.53. The van der Waals surface area contributed by atoms with Crippen molar-refractivity contribution in [1.29, 1.82) is 0 Å². The van der Waals surface area contributed by atoms with Crippen molar-refractivity contribution < 1.29 is 9.59 Å². The highest BCUT2D eigenvalue weighted by Crippen LogP contribution is 2.29. The van der Waals surface area contributed by atoms with Gasteiger partial charge in [0, 0.05) is 17.7 Å². The van der Waals surface area contributed by atoms with Crippen LogP contribution in [0.4, 0.5) is 5.13 Å². The van der Waals surface area contributed by atoms with E-state index in [1.54, 1.807) is 17.0 Å². The van der Waals surface area contributed by atoms with Crippen LogP contribution in [0.2, 0.25) is 10.0 Å². The molecule has 0 radical (unpaired) electrons. The van der Waals surface area contributed by atoms with Crippen molar-refractivity contribution in [3.8, 4) is 10.6 Å². The Kier molecular flexibility index (Phi) is 6.04.